The van der Waals surface area contributed by atoms with E-state index in [0.29, 0.717) is 0 Å². The van der Waals surface area contributed by atoms with Gasteiger partial charge in [-0.15, -0.1) is 0 Å². The van der Waals surface area contributed by atoms with Crippen LogP contribution in [0, 0.1) is 0 Å². The van der Waals surface area contributed by atoms with E-state index in [1.807, 2.05) is 0 Å². The van der Waals surface area contributed by atoms with Crippen molar-refractivity contribution in [3.8, 4) is 44.5 Å². The summed E-state index contributed by atoms with van der Waals surface area (Å²) in [5.74, 6) is 0. The van der Waals surface area contributed by atoms with E-state index in [9.17, 15) is 0 Å². The molecule has 0 fully saturated rings. The van der Waals surface area contributed by atoms with Crippen molar-refractivity contribution in [3.63, 3.8) is 0 Å². The fraction of sp³-hybridized carbons (Fsp3) is 0.0411. The Morgan fingerprint density at radius 1 is 0.227 bits per heavy atom. The lowest BCUT2D eigenvalue weighted by Gasteiger charge is -2.28. The van der Waals surface area contributed by atoms with Crippen LogP contribution in [0.2, 0.25) is 0 Å². The van der Waals surface area contributed by atoms with Crippen molar-refractivity contribution in [2.75, 3.05) is 9.80 Å². The van der Waals surface area contributed by atoms with Gasteiger partial charge in [0.1, 0.15) is 0 Å². The molecule has 0 saturated carbocycles. The molecule has 1 aliphatic carbocycles. The monoisotopic (exact) mass is 956 g/mol. The zero-order valence-electron chi connectivity index (χ0n) is 42.0. The summed E-state index contributed by atoms with van der Waals surface area (Å²) >= 11 is 0. The van der Waals surface area contributed by atoms with Crippen LogP contribution in [0.25, 0.3) is 87.6 Å². The quantitative estimate of drug-likeness (QED) is 0.133. The molecule has 0 unspecified atom stereocenters. The molecule has 0 spiro atoms. The van der Waals surface area contributed by atoms with E-state index in [1.165, 1.54) is 98.7 Å². The molecule has 14 rings (SSSR count). The number of hydrogen-bond acceptors (Lipinski definition) is 2. The Balaban J connectivity index is 0.921. The zero-order chi connectivity index (χ0) is 50.0. The first-order chi connectivity index (χ1) is 37.0. The maximum absolute atomic E-state index is 2.50. The lowest BCUT2D eigenvalue weighted by molar-refractivity contribution is 0.660. The van der Waals surface area contributed by atoms with Gasteiger partial charge in [-0.2, -0.15) is 0 Å². The van der Waals surface area contributed by atoms with Crippen LogP contribution < -0.4 is 9.80 Å². The lowest BCUT2D eigenvalue weighted by Crippen LogP contribution is -2.16. The summed E-state index contributed by atoms with van der Waals surface area (Å²) in [5, 5.41) is 9.93. The number of fused-ring (bicyclic) bond motifs is 7. The van der Waals surface area contributed by atoms with Gasteiger partial charge in [-0.25, -0.2) is 0 Å². The summed E-state index contributed by atoms with van der Waals surface area (Å²) in [6.45, 7) is 4.80. The summed E-state index contributed by atoms with van der Waals surface area (Å²) in [7, 11) is 0. The minimum atomic E-state index is -0.246. The molecular formula is C73H52N2. The normalized spacial score (nSPS) is 12.5. The van der Waals surface area contributed by atoms with Crippen LogP contribution >= 0.6 is 0 Å². The van der Waals surface area contributed by atoms with Gasteiger partial charge in [0.25, 0.3) is 0 Å². The Labute approximate surface area is 438 Å². The number of rotatable bonds is 9. The van der Waals surface area contributed by atoms with Gasteiger partial charge in [-0.1, -0.05) is 214 Å². The Hall–Kier alpha value is -9.50. The maximum atomic E-state index is 2.50. The summed E-state index contributed by atoms with van der Waals surface area (Å²) < 4.78 is 0. The molecule has 13 aromatic rings. The van der Waals surface area contributed by atoms with Crippen LogP contribution in [0.3, 0.4) is 0 Å². The molecule has 0 amide bonds. The highest BCUT2D eigenvalue weighted by Crippen LogP contribution is 2.54. The minimum absolute atomic E-state index is 0.246. The molecule has 0 aromatic heterocycles. The molecule has 2 nitrogen and oxygen atoms in total. The number of benzene rings is 13. The molecule has 75 heavy (non-hydrogen) atoms. The van der Waals surface area contributed by atoms with E-state index >= 15 is 0 Å². The molecule has 0 aliphatic heterocycles. The highest BCUT2D eigenvalue weighted by atomic mass is 15.1. The Morgan fingerprint density at radius 3 is 0.880 bits per heavy atom. The molecule has 0 saturated heterocycles. The molecule has 0 N–H and O–H groups in total. The predicted molar refractivity (Wildman–Crippen MR) is 320 cm³/mol. The average molecular weight is 957 g/mol. The van der Waals surface area contributed by atoms with Crippen molar-refractivity contribution in [2.24, 2.45) is 0 Å². The zero-order valence-corrected chi connectivity index (χ0v) is 42.0. The first-order valence-corrected chi connectivity index (χ1v) is 26.1. The smallest absolute Gasteiger partial charge is 0.0465 e. The highest BCUT2D eigenvalue weighted by molar-refractivity contribution is 6.30. The molecule has 13 aromatic carbocycles. The fourth-order valence-corrected chi connectivity index (χ4v) is 12.4. The van der Waals surface area contributed by atoms with E-state index in [0.717, 1.165) is 34.1 Å². The van der Waals surface area contributed by atoms with Crippen molar-refractivity contribution in [2.45, 2.75) is 19.3 Å². The molecule has 0 atom stereocenters. The second-order valence-electron chi connectivity index (χ2n) is 20.4. The van der Waals surface area contributed by atoms with E-state index in [-0.39, 0.29) is 5.41 Å². The topological polar surface area (TPSA) is 6.48 Å². The van der Waals surface area contributed by atoms with Crippen molar-refractivity contribution in [1.29, 1.82) is 0 Å². The van der Waals surface area contributed by atoms with Gasteiger partial charge < -0.3 is 9.80 Å². The Bertz CT molecular complexity index is 4100. The van der Waals surface area contributed by atoms with Crippen molar-refractivity contribution < 1.29 is 0 Å². The van der Waals surface area contributed by atoms with Gasteiger partial charge >= 0.3 is 0 Å². The summed E-state index contributed by atoms with van der Waals surface area (Å²) in [5.41, 5.74) is 19.3. The van der Waals surface area contributed by atoms with E-state index in [1.54, 1.807) is 0 Å². The summed E-state index contributed by atoms with van der Waals surface area (Å²) in [6, 6.07) is 103. The van der Waals surface area contributed by atoms with E-state index in [2.05, 4.69) is 303 Å². The van der Waals surface area contributed by atoms with Gasteiger partial charge in [-0.3, -0.25) is 0 Å². The number of hydrogen-bond donors (Lipinski definition) is 0. The van der Waals surface area contributed by atoms with Gasteiger partial charge in [0, 0.05) is 39.5 Å². The molecular weight excluding hydrogens is 905 g/mol. The van der Waals surface area contributed by atoms with Crippen molar-refractivity contribution in [1.82, 2.24) is 0 Å². The Kier molecular flexibility index (Phi) is 10.6. The van der Waals surface area contributed by atoms with E-state index in [4.69, 9.17) is 0 Å². The molecule has 1 aliphatic rings. The van der Waals surface area contributed by atoms with Crippen molar-refractivity contribution >= 4 is 77.2 Å². The van der Waals surface area contributed by atoms with Crippen LogP contribution in [-0.4, -0.2) is 0 Å². The van der Waals surface area contributed by atoms with Crippen molar-refractivity contribution in [3.05, 3.63) is 290 Å². The largest absolute Gasteiger partial charge is 0.311 e. The second-order valence-corrected chi connectivity index (χ2v) is 20.4. The average Bonchev–Trinajstić information content (AvgIpc) is 3.70. The van der Waals surface area contributed by atoms with Gasteiger partial charge in [0.15, 0.2) is 0 Å². The Morgan fingerprint density at radius 2 is 0.493 bits per heavy atom. The molecule has 2 heteroatoms. The van der Waals surface area contributed by atoms with Gasteiger partial charge in [-0.05, 0) is 178 Å². The highest BCUT2D eigenvalue weighted by Gasteiger charge is 2.37. The number of anilines is 6. The molecule has 354 valence electrons. The third kappa shape index (κ3) is 7.24. The van der Waals surface area contributed by atoms with Crippen LogP contribution in [0.4, 0.5) is 34.1 Å². The fourth-order valence-electron chi connectivity index (χ4n) is 12.4. The standard InChI is InChI=1S/C73H52N2/c1-73(2)67-47-50(41-45-57(67)58-46-44-56(48-68(58)73)75(53-27-11-5-12-28-53)54-29-13-6-14-30-54)70-61-33-17-21-37-65(61)72(66-38-22-18-34-62(66)70)71-63-35-19-15-31-59(63)69(60-32-16-20-36-64(60)71)49-39-42-55(43-40-49)74(51-23-7-3-8-24-51)52-25-9-4-10-26-52/h3-48H,1-2H3. The van der Waals surface area contributed by atoms with E-state index < -0.39 is 0 Å². The van der Waals surface area contributed by atoms with Gasteiger partial charge in [0.2, 0.25) is 0 Å². The first kappa shape index (κ1) is 44.2. The minimum Gasteiger partial charge on any atom is -0.311 e. The SMILES string of the molecule is CC1(C)c2cc(-c3c4ccccc4c(-c4c5ccccc5c(-c5ccc(N(c6ccccc6)c6ccccc6)cc5)c5ccccc45)c4ccccc34)ccc2-c2ccc(N(c3ccccc3)c3ccccc3)cc21. The van der Waals surface area contributed by atoms with Crippen LogP contribution in [0.1, 0.15) is 25.0 Å². The second kappa shape index (κ2) is 17.9. The van der Waals surface area contributed by atoms with Crippen LogP contribution in [0.15, 0.2) is 279 Å². The summed E-state index contributed by atoms with van der Waals surface area (Å²) in [4.78, 5) is 4.70. The third-order valence-electron chi connectivity index (χ3n) is 15.8. The molecule has 0 radical (unpaired) electrons. The number of nitrogens with zero attached hydrogens (tertiary/aromatic N) is 2. The lowest BCUT2D eigenvalue weighted by atomic mass is 9.79. The third-order valence-corrected chi connectivity index (χ3v) is 15.8. The summed E-state index contributed by atoms with van der Waals surface area (Å²) in [6.07, 6.45) is 0. The number of para-hydroxylation sites is 4. The first-order valence-electron chi connectivity index (χ1n) is 26.1. The molecule has 0 bridgehead atoms. The van der Waals surface area contributed by atoms with Crippen LogP contribution in [0.5, 0.6) is 0 Å². The predicted octanol–water partition coefficient (Wildman–Crippen LogP) is 20.5. The van der Waals surface area contributed by atoms with Crippen LogP contribution in [-0.2, 0) is 5.41 Å². The maximum Gasteiger partial charge on any atom is 0.0465 e. The van der Waals surface area contributed by atoms with Gasteiger partial charge in [0.05, 0.1) is 0 Å². The molecule has 0 heterocycles.